The van der Waals surface area contributed by atoms with Crippen LogP contribution in [0.25, 0.3) is 0 Å². The zero-order valence-corrected chi connectivity index (χ0v) is 14.8. The number of carbonyl (C=O) groups excluding carboxylic acids is 2. The quantitative estimate of drug-likeness (QED) is 0.734. The Hall–Kier alpha value is -1.10. The fourth-order valence-electron chi connectivity index (χ4n) is 2.70. The SMILES string of the molecule is CCC(CC(C)O)OC(C)=O.CCC(CC)N1CCCC1=O. The normalized spacial score (nSPS) is 17.0. The second-order valence-electron chi connectivity index (χ2n) is 5.89. The Kier molecular flexibility index (Phi) is 10.9. The lowest BCUT2D eigenvalue weighted by Gasteiger charge is -2.25. The maximum Gasteiger partial charge on any atom is 0.302 e. The van der Waals surface area contributed by atoms with Crippen molar-refractivity contribution >= 4 is 11.9 Å². The van der Waals surface area contributed by atoms with Crippen molar-refractivity contribution in [2.24, 2.45) is 0 Å². The first-order valence-corrected chi connectivity index (χ1v) is 8.50. The predicted octanol–water partition coefficient (Wildman–Crippen LogP) is 2.90. The van der Waals surface area contributed by atoms with Crippen molar-refractivity contribution < 1.29 is 19.4 Å². The minimum atomic E-state index is -0.403. The Bertz CT molecular complexity index is 327. The molecular weight excluding hydrogens is 282 g/mol. The minimum Gasteiger partial charge on any atom is -0.462 e. The Morgan fingerprint density at radius 1 is 1.27 bits per heavy atom. The summed E-state index contributed by atoms with van der Waals surface area (Å²) in [4.78, 5) is 23.8. The van der Waals surface area contributed by atoms with Gasteiger partial charge in [-0.1, -0.05) is 20.8 Å². The van der Waals surface area contributed by atoms with E-state index in [2.05, 4.69) is 13.8 Å². The highest BCUT2D eigenvalue weighted by Gasteiger charge is 2.25. The molecule has 1 aliphatic heterocycles. The second-order valence-corrected chi connectivity index (χ2v) is 5.89. The van der Waals surface area contributed by atoms with Gasteiger partial charge in [0.25, 0.3) is 0 Å². The topological polar surface area (TPSA) is 66.8 Å². The van der Waals surface area contributed by atoms with Crippen molar-refractivity contribution in [3.63, 3.8) is 0 Å². The number of ether oxygens (including phenoxy) is 1. The van der Waals surface area contributed by atoms with E-state index in [1.54, 1.807) is 6.92 Å². The fourth-order valence-corrected chi connectivity index (χ4v) is 2.70. The van der Waals surface area contributed by atoms with E-state index in [4.69, 9.17) is 9.84 Å². The van der Waals surface area contributed by atoms with Gasteiger partial charge in [0, 0.05) is 32.4 Å². The Labute approximate surface area is 135 Å². The third-order valence-electron chi connectivity index (χ3n) is 3.89. The summed E-state index contributed by atoms with van der Waals surface area (Å²) >= 11 is 0. The third-order valence-corrected chi connectivity index (χ3v) is 3.89. The lowest BCUT2D eigenvalue weighted by atomic mass is 10.1. The molecule has 2 unspecified atom stereocenters. The Morgan fingerprint density at radius 2 is 1.86 bits per heavy atom. The van der Waals surface area contributed by atoms with E-state index in [-0.39, 0.29) is 12.1 Å². The second kappa shape index (κ2) is 11.5. The molecule has 1 rings (SSSR count). The summed E-state index contributed by atoms with van der Waals surface area (Å²) in [6.45, 7) is 10.3. The summed E-state index contributed by atoms with van der Waals surface area (Å²) in [7, 11) is 0. The molecule has 1 N–H and O–H groups in total. The van der Waals surface area contributed by atoms with Crippen LogP contribution in [0.5, 0.6) is 0 Å². The lowest BCUT2D eigenvalue weighted by molar-refractivity contribution is -0.147. The van der Waals surface area contributed by atoms with E-state index in [0.29, 0.717) is 18.4 Å². The van der Waals surface area contributed by atoms with Crippen LogP contribution in [0.3, 0.4) is 0 Å². The number of aliphatic hydroxyl groups is 1. The summed E-state index contributed by atoms with van der Waals surface area (Å²) in [5.74, 6) is 0.0798. The molecule has 0 saturated carbocycles. The van der Waals surface area contributed by atoms with Gasteiger partial charge < -0.3 is 14.7 Å². The number of nitrogens with zero attached hydrogens (tertiary/aromatic N) is 1. The van der Waals surface area contributed by atoms with E-state index in [1.165, 1.54) is 6.92 Å². The zero-order valence-electron chi connectivity index (χ0n) is 14.8. The average molecular weight is 315 g/mol. The van der Waals surface area contributed by atoms with Crippen LogP contribution in [-0.4, -0.2) is 46.7 Å². The maximum atomic E-state index is 11.3. The molecule has 5 nitrogen and oxygen atoms in total. The lowest BCUT2D eigenvalue weighted by Crippen LogP contribution is -2.35. The molecule has 0 bridgehead atoms. The average Bonchev–Trinajstić information content (AvgIpc) is 2.86. The first-order valence-electron chi connectivity index (χ1n) is 8.50. The minimum absolute atomic E-state index is 0.132. The number of amides is 1. The van der Waals surface area contributed by atoms with Gasteiger partial charge in [-0.2, -0.15) is 0 Å². The van der Waals surface area contributed by atoms with Gasteiger partial charge in [-0.3, -0.25) is 9.59 Å². The number of aliphatic hydroxyl groups excluding tert-OH is 1. The van der Waals surface area contributed by atoms with Crippen LogP contribution in [0.1, 0.15) is 73.1 Å². The third kappa shape index (κ3) is 8.37. The van der Waals surface area contributed by atoms with Crippen LogP contribution in [0, 0.1) is 0 Å². The van der Waals surface area contributed by atoms with Gasteiger partial charge in [0.05, 0.1) is 6.10 Å². The molecule has 0 aromatic rings. The number of likely N-dealkylation sites (tertiary alicyclic amines) is 1. The monoisotopic (exact) mass is 315 g/mol. The van der Waals surface area contributed by atoms with Crippen LogP contribution < -0.4 is 0 Å². The molecule has 0 aliphatic carbocycles. The van der Waals surface area contributed by atoms with E-state index in [9.17, 15) is 9.59 Å². The summed E-state index contributed by atoms with van der Waals surface area (Å²) in [5.41, 5.74) is 0. The largest absolute Gasteiger partial charge is 0.462 e. The molecule has 0 aromatic carbocycles. The Balaban J connectivity index is 0.000000401. The summed E-state index contributed by atoms with van der Waals surface area (Å²) in [6.07, 6.45) is 4.78. The molecule has 1 aliphatic rings. The van der Waals surface area contributed by atoms with Crippen LogP contribution >= 0.6 is 0 Å². The molecule has 0 spiro atoms. The van der Waals surface area contributed by atoms with Gasteiger partial charge in [-0.05, 0) is 32.6 Å². The van der Waals surface area contributed by atoms with E-state index in [1.807, 2.05) is 11.8 Å². The summed E-state index contributed by atoms with van der Waals surface area (Å²) in [5, 5.41) is 8.98. The fraction of sp³-hybridized carbons (Fsp3) is 0.882. The number of hydrogen-bond acceptors (Lipinski definition) is 4. The number of hydrogen-bond donors (Lipinski definition) is 1. The standard InChI is InChI=1S/C9H17NO.C8H16O3/c1-3-8(4-2)10-7-5-6-9(10)11;1-4-8(5-6(2)9)11-7(3)10/h8H,3-7H2,1-2H3;6,8-9H,4-5H2,1-3H3. The van der Waals surface area contributed by atoms with Crippen LogP contribution in [-0.2, 0) is 14.3 Å². The van der Waals surface area contributed by atoms with Crippen molar-refractivity contribution in [3.8, 4) is 0 Å². The van der Waals surface area contributed by atoms with E-state index >= 15 is 0 Å². The van der Waals surface area contributed by atoms with Crippen LogP contribution in [0.15, 0.2) is 0 Å². The van der Waals surface area contributed by atoms with Crippen molar-refractivity contribution in [1.82, 2.24) is 4.90 Å². The van der Waals surface area contributed by atoms with Crippen molar-refractivity contribution in [2.45, 2.75) is 91.4 Å². The van der Waals surface area contributed by atoms with Gasteiger partial charge in [0.1, 0.15) is 6.10 Å². The van der Waals surface area contributed by atoms with Gasteiger partial charge in [-0.15, -0.1) is 0 Å². The molecule has 1 saturated heterocycles. The molecule has 0 radical (unpaired) electrons. The smallest absolute Gasteiger partial charge is 0.302 e. The number of carbonyl (C=O) groups is 2. The van der Waals surface area contributed by atoms with Gasteiger partial charge >= 0.3 is 5.97 Å². The van der Waals surface area contributed by atoms with Crippen molar-refractivity contribution in [2.75, 3.05) is 6.54 Å². The first-order chi connectivity index (χ1) is 10.3. The molecule has 2 atom stereocenters. The summed E-state index contributed by atoms with van der Waals surface area (Å²) in [6, 6.07) is 0.505. The van der Waals surface area contributed by atoms with Crippen molar-refractivity contribution in [3.05, 3.63) is 0 Å². The molecule has 0 aromatic heterocycles. The molecule has 1 fully saturated rings. The van der Waals surface area contributed by atoms with Gasteiger partial charge in [0.2, 0.25) is 5.91 Å². The molecule has 130 valence electrons. The van der Waals surface area contributed by atoms with Crippen LogP contribution in [0.4, 0.5) is 0 Å². The molecule has 1 amide bonds. The maximum absolute atomic E-state index is 11.3. The zero-order chi connectivity index (χ0) is 17.1. The van der Waals surface area contributed by atoms with E-state index in [0.717, 1.165) is 38.6 Å². The number of rotatable bonds is 7. The highest BCUT2D eigenvalue weighted by Crippen LogP contribution is 2.17. The predicted molar refractivity (Wildman–Crippen MR) is 87.5 cm³/mol. The van der Waals surface area contributed by atoms with Crippen molar-refractivity contribution in [1.29, 1.82) is 0 Å². The number of esters is 1. The van der Waals surface area contributed by atoms with Crippen LogP contribution in [0.2, 0.25) is 0 Å². The molecule has 22 heavy (non-hydrogen) atoms. The highest BCUT2D eigenvalue weighted by atomic mass is 16.5. The molecule has 1 heterocycles. The van der Waals surface area contributed by atoms with Gasteiger partial charge in [-0.25, -0.2) is 0 Å². The van der Waals surface area contributed by atoms with Gasteiger partial charge in [0.15, 0.2) is 0 Å². The molecule has 5 heteroatoms. The Morgan fingerprint density at radius 3 is 2.18 bits per heavy atom. The summed E-state index contributed by atoms with van der Waals surface area (Å²) < 4.78 is 4.91. The highest BCUT2D eigenvalue weighted by molar-refractivity contribution is 5.78. The first kappa shape index (κ1) is 20.9. The molecular formula is C17H33NO4. The van der Waals surface area contributed by atoms with E-state index < -0.39 is 6.10 Å².